The molecule has 0 aromatic carbocycles. The van der Waals surface area contributed by atoms with Crippen molar-refractivity contribution in [3.63, 3.8) is 0 Å². The molecular weight excluding hydrogens is 172 g/mol. The van der Waals surface area contributed by atoms with Crippen molar-refractivity contribution in [2.75, 3.05) is 0 Å². The predicted octanol–water partition coefficient (Wildman–Crippen LogP) is -0.685. The molecule has 13 heavy (non-hydrogen) atoms. The zero-order valence-corrected chi connectivity index (χ0v) is 7.54. The zero-order valence-electron chi connectivity index (χ0n) is 7.54. The van der Waals surface area contributed by atoms with Gasteiger partial charge in [0.2, 0.25) is 11.8 Å². The topological polar surface area (TPSA) is 78.4 Å². The summed E-state index contributed by atoms with van der Waals surface area (Å²) in [5.41, 5.74) is 4.51. The van der Waals surface area contributed by atoms with Gasteiger partial charge in [0.05, 0.1) is 6.10 Å². The molecule has 5 heteroatoms. The fraction of sp³-hybridized carbons (Fsp3) is 0.750. The van der Waals surface area contributed by atoms with Gasteiger partial charge in [0.25, 0.3) is 0 Å². The third-order valence-electron chi connectivity index (χ3n) is 2.14. The Morgan fingerprint density at radius 1 is 1.31 bits per heavy atom. The van der Waals surface area contributed by atoms with E-state index in [1.807, 2.05) is 0 Å². The summed E-state index contributed by atoms with van der Waals surface area (Å²) in [7, 11) is 0. The fourth-order valence-electron chi connectivity index (χ4n) is 1.45. The molecule has 1 fully saturated rings. The Bertz CT molecular complexity index is 217. The first-order valence-electron chi connectivity index (χ1n) is 4.34. The lowest BCUT2D eigenvalue weighted by molar-refractivity contribution is -0.130. The molecule has 0 heterocycles. The van der Waals surface area contributed by atoms with E-state index in [0.29, 0.717) is 19.3 Å². The lowest BCUT2D eigenvalue weighted by Gasteiger charge is -2.09. The number of amides is 2. The minimum Gasteiger partial charge on any atom is -0.393 e. The molecule has 1 aliphatic carbocycles. The van der Waals surface area contributed by atoms with Crippen LogP contribution in [0.2, 0.25) is 0 Å². The Morgan fingerprint density at radius 2 is 2.00 bits per heavy atom. The number of hydrogen-bond donors (Lipinski definition) is 3. The quantitative estimate of drug-likeness (QED) is 0.474. The summed E-state index contributed by atoms with van der Waals surface area (Å²) in [6.45, 7) is 1.32. The van der Waals surface area contributed by atoms with Crippen LogP contribution in [0.3, 0.4) is 0 Å². The highest BCUT2D eigenvalue weighted by molar-refractivity contribution is 5.82. The maximum atomic E-state index is 11.3. The molecule has 3 N–H and O–H groups in total. The highest BCUT2D eigenvalue weighted by atomic mass is 16.3. The molecule has 0 radical (unpaired) electrons. The number of carbonyl (C=O) groups excluding carboxylic acids is 2. The third kappa shape index (κ3) is 3.02. The summed E-state index contributed by atoms with van der Waals surface area (Å²) >= 11 is 0. The van der Waals surface area contributed by atoms with Crippen LogP contribution >= 0.6 is 0 Å². The number of hydrazine groups is 1. The van der Waals surface area contributed by atoms with Gasteiger partial charge in [-0.3, -0.25) is 20.4 Å². The van der Waals surface area contributed by atoms with Crippen LogP contribution in [0.5, 0.6) is 0 Å². The van der Waals surface area contributed by atoms with Gasteiger partial charge < -0.3 is 5.11 Å². The van der Waals surface area contributed by atoms with Crippen molar-refractivity contribution in [1.82, 2.24) is 10.9 Å². The fourth-order valence-corrected chi connectivity index (χ4v) is 1.45. The van der Waals surface area contributed by atoms with Gasteiger partial charge in [-0.05, 0) is 19.3 Å². The van der Waals surface area contributed by atoms with Crippen molar-refractivity contribution in [2.24, 2.45) is 5.92 Å². The van der Waals surface area contributed by atoms with Gasteiger partial charge in [-0.25, -0.2) is 0 Å². The molecule has 5 nitrogen and oxygen atoms in total. The summed E-state index contributed by atoms with van der Waals surface area (Å²) < 4.78 is 0. The number of nitrogens with one attached hydrogen (secondary N) is 2. The average Bonchev–Trinajstić information content (AvgIpc) is 2.47. The summed E-state index contributed by atoms with van der Waals surface area (Å²) in [5, 5.41) is 9.16. The van der Waals surface area contributed by atoms with Gasteiger partial charge in [0.1, 0.15) is 0 Å². The lowest BCUT2D eigenvalue weighted by atomic mass is 10.1. The highest BCUT2D eigenvalue weighted by Crippen LogP contribution is 2.24. The molecule has 0 bridgehead atoms. The molecule has 2 atom stereocenters. The highest BCUT2D eigenvalue weighted by Gasteiger charge is 2.28. The van der Waals surface area contributed by atoms with Gasteiger partial charge in [-0.15, -0.1) is 0 Å². The van der Waals surface area contributed by atoms with Crippen LogP contribution in [0, 0.1) is 5.92 Å². The number of aliphatic hydroxyl groups excluding tert-OH is 1. The van der Waals surface area contributed by atoms with Gasteiger partial charge in [-0.2, -0.15) is 0 Å². The van der Waals surface area contributed by atoms with Crippen LogP contribution < -0.4 is 10.9 Å². The number of aliphatic hydroxyl groups is 1. The molecule has 0 saturated heterocycles. The van der Waals surface area contributed by atoms with Crippen LogP contribution in [-0.4, -0.2) is 23.0 Å². The van der Waals surface area contributed by atoms with Crippen LogP contribution in [-0.2, 0) is 9.59 Å². The van der Waals surface area contributed by atoms with E-state index in [1.54, 1.807) is 0 Å². The predicted molar refractivity (Wildman–Crippen MR) is 45.3 cm³/mol. The molecule has 74 valence electrons. The lowest BCUT2D eigenvalue weighted by Crippen LogP contribution is -2.43. The third-order valence-corrected chi connectivity index (χ3v) is 2.14. The molecule has 1 aliphatic rings. The molecule has 0 spiro atoms. The second-order valence-corrected chi connectivity index (χ2v) is 3.33. The van der Waals surface area contributed by atoms with E-state index in [0.717, 1.165) is 0 Å². The SMILES string of the molecule is CC(=O)NNC(=O)[C@@H]1CC[C@@H](O)C1. The Hall–Kier alpha value is -1.10. The molecule has 0 aromatic rings. The van der Waals surface area contributed by atoms with Gasteiger partial charge in [0, 0.05) is 12.8 Å². The van der Waals surface area contributed by atoms with Crippen LogP contribution in [0.1, 0.15) is 26.2 Å². The molecule has 0 aliphatic heterocycles. The number of hydrogen-bond acceptors (Lipinski definition) is 3. The van der Waals surface area contributed by atoms with Gasteiger partial charge >= 0.3 is 0 Å². The van der Waals surface area contributed by atoms with Crippen molar-refractivity contribution in [3.05, 3.63) is 0 Å². The van der Waals surface area contributed by atoms with E-state index < -0.39 is 0 Å². The van der Waals surface area contributed by atoms with Crippen molar-refractivity contribution in [2.45, 2.75) is 32.3 Å². The molecule has 0 aromatic heterocycles. The minimum absolute atomic E-state index is 0.165. The monoisotopic (exact) mass is 186 g/mol. The number of rotatable bonds is 1. The van der Waals surface area contributed by atoms with Gasteiger partial charge in [-0.1, -0.05) is 0 Å². The largest absolute Gasteiger partial charge is 0.393 e. The summed E-state index contributed by atoms with van der Waals surface area (Å²) in [5.74, 6) is -0.680. The summed E-state index contributed by atoms with van der Waals surface area (Å²) in [4.78, 5) is 21.7. The van der Waals surface area contributed by atoms with Crippen LogP contribution in [0.4, 0.5) is 0 Å². The van der Waals surface area contributed by atoms with Crippen molar-refractivity contribution >= 4 is 11.8 Å². The molecule has 0 unspecified atom stereocenters. The van der Waals surface area contributed by atoms with Crippen molar-refractivity contribution in [3.8, 4) is 0 Å². The molecule has 2 amide bonds. The van der Waals surface area contributed by atoms with Crippen molar-refractivity contribution in [1.29, 1.82) is 0 Å². The normalized spacial score (nSPS) is 26.9. The first-order chi connectivity index (χ1) is 6.09. The first-order valence-corrected chi connectivity index (χ1v) is 4.34. The average molecular weight is 186 g/mol. The smallest absolute Gasteiger partial charge is 0.241 e. The number of carbonyl (C=O) groups is 2. The van der Waals surface area contributed by atoms with Crippen LogP contribution in [0.15, 0.2) is 0 Å². The first kappa shape index (κ1) is 9.98. The van der Waals surface area contributed by atoms with E-state index in [1.165, 1.54) is 6.92 Å². The van der Waals surface area contributed by atoms with Crippen molar-refractivity contribution < 1.29 is 14.7 Å². The van der Waals surface area contributed by atoms with E-state index in [-0.39, 0.29) is 23.8 Å². The van der Waals surface area contributed by atoms with E-state index in [2.05, 4.69) is 10.9 Å². The maximum Gasteiger partial charge on any atom is 0.241 e. The Kier molecular flexibility index (Phi) is 3.25. The van der Waals surface area contributed by atoms with E-state index >= 15 is 0 Å². The summed E-state index contributed by atoms with van der Waals surface area (Å²) in [6, 6.07) is 0. The Balaban J connectivity index is 2.27. The maximum absolute atomic E-state index is 11.3. The second-order valence-electron chi connectivity index (χ2n) is 3.33. The van der Waals surface area contributed by atoms with E-state index in [9.17, 15) is 9.59 Å². The molecule has 1 rings (SSSR count). The van der Waals surface area contributed by atoms with E-state index in [4.69, 9.17) is 5.11 Å². The Labute approximate surface area is 76.5 Å². The summed E-state index contributed by atoms with van der Waals surface area (Å²) in [6.07, 6.45) is 1.48. The standard InChI is InChI=1S/C8H14N2O3/c1-5(11)9-10-8(13)6-2-3-7(12)4-6/h6-7,12H,2-4H2,1H3,(H,9,11)(H,10,13)/t6-,7-/m1/s1. The Morgan fingerprint density at radius 3 is 2.46 bits per heavy atom. The van der Waals surface area contributed by atoms with Gasteiger partial charge in [0.15, 0.2) is 0 Å². The van der Waals surface area contributed by atoms with Crippen LogP contribution in [0.25, 0.3) is 0 Å². The molecular formula is C8H14N2O3. The molecule has 1 saturated carbocycles. The minimum atomic E-state index is -0.368. The second kappa shape index (κ2) is 4.23. The zero-order chi connectivity index (χ0) is 9.84.